The van der Waals surface area contributed by atoms with Crippen LogP contribution in [0.1, 0.15) is 12.3 Å². The van der Waals surface area contributed by atoms with E-state index in [0.29, 0.717) is 10.5 Å². The lowest BCUT2D eigenvalue weighted by Gasteiger charge is -2.42. The van der Waals surface area contributed by atoms with Crippen molar-refractivity contribution in [2.24, 2.45) is 0 Å². The summed E-state index contributed by atoms with van der Waals surface area (Å²) in [7, 11) is 0. The van der Waals surface area contributed by atoms with E-state index in [1.165, 1.54) is 6.20 Å². The normalized spacial score (nSPS) is 25.2. The molecule has 0 unspecified atom stereocenters. The molecule has 0 spiro atoms. The average molecular weight is 495 g/mol. The highest BCUT2D eigenvalue weighted by Crippen LogP contribution is 2.37. The van der Waals surface area contributed by atoms with Crippen molar-refractivity contribution in [2.45, 2.75) is 30.6 Å². The Bertz CT molecular complexity index is 1340. The molecule has 1 aliphatic rings. The summed E-state index contributed by atoms with van der Waals surface area (Å²) in [6.07, 6.45) is -1.96. The van der Waals surface area contributed by atoms with E-state index in [9.17, 15) is 28.5 Å². The van der Waals surface area contributed by atoms with Crippen LogP contribution in [0.15, 0.2) is 48.8 Å². The zero-order valence-corrected chi connectivity index (χ0v) is 18.0. The van der Waals surface area contributed by atoms with Crippen LogP contribution in [0, 0.1) is 17.5 Å². The van der Waals surface area contributed by atoms with Gasteiger partial charge in [0.1, 0.15) is 30.0 Å². The highest BCUT2D eigenvalue weighted by Gasteiger charge is 2.47. The molecule has 0 bridgehead atoms. The minimum atomic E-state index is -1.61. The molecule has 0 saturated carbocycles. The number of nitrogens with zero attached hydrogens (tertiary/aromatic N) is 4. The topological polar surface area (TPSA) is 106 Å². The first-order valence-electron chi connectivity index (χ1n) is 10.2. The summed E-state index contributed by atoms with van der Waals surface area (Å²) >= 11 is 6.05. The maximum Gasteiger partial charge on any atom is 0.194 e. The van der Waals surface area contributed by atoms with Crippen LogP contribution >= 0.6 is 11.6 Å². The Morgan fingerprint density at radius 3 is 2.47 bits per heavy atom. The number of aromatic nitrogens is 4. The average Bonchev–Trinajstić information content (AvgIpc) is 3.45. The zero-order chi connectivity index (χ0) is 24.1. The maximum atomic E-state index is 13.7. The number of hydrogen-bond acceptors (Lipinski definition) is 6. The van der Waals surface area contributed by atoms with Crippen LogP contribution in [0.3, 0.4) is 0 Å². The Balaban J connectivity index is 1.53. The summed E-state index contributed by atoms with van der Waals surface area (Å²) in [5.41, 5.74) is 0.598. The van der Waals surface area contributed by atoms with E-state index in [4.69, 9.17) is 16.3 Å². The van der Waals surface area contributed by atoms with Gasteiger partial charge in [-0.25, -0.2) is 17.9 Å². The molecule has 0 aliphatic carbocycles. The molecule has 5 rings (SSSR count). The number of ether oxygens (including phenoxy) is 1. The molecule has 8 nitrogen and oxygen atoms in total. The van der Waals surface area contributed by atoms with Gasteiger partial charge in [0.25, 0.3) is 0 Å². The molecule has 3 heterocycles. The number of halogens is 4. The molecule has 0 radical (unpaired) electrons. The van der Waals surface area contributed by atoms with Crippen molar-refractivity contribution in [1.29, 1.82) is 0 Å². The molecule has 0 amide bonds. The van der Waals surface area contributed by atoms with Gasteiger partial charge in [-0.2, -0.15) is 0 Å². The standard InChI is InChI=1S/C22H18ClF3N4O4/c23-12-1-2-16-10(5-12)3-4-29(16)22-21(33)19(20(32)17(9-31)34-22)30-8-15(27-28-30)11-6-13(24)18(26)14(25)7-11/h1-8,17,19-22,31-33H,9H2/t17-,19+,20+,21-,22-/m1/s1. The Morgan fingerprint density at radius 1 is 1.03 bits per heavy atom. The van der Waals surface area contributed by atoms with E-state index in [0.717, 1.165) is 22.2 Å². The molecular weight excluding hydrogens is 477 g/mol. The van der Waals surface area contributed by atoms with Crippen molar-refractivity contribution in [1.82, 2.24) is 19.6 Å². The van der Waals surface area contributed by atoms with E-state index in [1.54, 1.807) is 35.0 Å². The van der Waals surface area contributed by atoms with Crippen molar-refractivity contribution in [2.75, 3.05) is 6.61 Å². The van der Waals surface area contributed by atoms with E-state index < -0.39 is 54.6 Å². The highest BCUT2D eigenvalue weighted by molar-refractivity contribution is 6.31. The molecule has 2 aromatic carbocycles. The number of aliphatic hydroxyl groups is 3. The van der Waals surface area contributed by atoms with Gasteiger partial charge in [-0.3, -0.25) is 0 Å². The number of benzene rings is 2. The molecule has 1 fully saturated rings. The predicted molar refractivity (Wildman–Crippen MR) is 114 cm³/mol. The van der Waals surface area contributed by atoms with Gasteiger partial charge in [-0.1, -0.05) is 16.8 Å². The third-order valence-corrected chi connectivity index (χ3v) is 6.15. The second-order valence-electron chi connectivity index (χ2n) is 7.98. The summed E-state index contributed by atoms with van der Waals surface area (Å²) in [5.74, 6) is -4.40. The summed E-state index contributed by atoms with van der Waals surface area (Å²) in [6, 6.07) is 7.32. The number of rotatable bonds is 4. The summed E-state index contributed by atoms with van der Waals surface area (Å²) in [6.45, 7) is -0.554. The van der Waals surface area contributed by atoms with Gasteiger partial charge in [0.15, 0.2) is 23.7 Å². The van der Waals surface area contributed by atoms with Crippen LogP contribution in [-0.4, -0.2) is 59.8 Å². The van der Waals surface area contributed by atoms with Crippen molar-refractivity contribution < 1.29 is 33.2 Å². The first-order valence-corrected chi connectivity index (χ1v) is 10.6. The number of hydrogen-bond donors (Lipinski definition) is 3. The quantitative estimate of drug-likeness (QED) is 0.377. The van der Waals surface area contributed by atoms with Crippen LogP contribution in [0.2, 0.25) is 5.02 Å². The summed E-state index contributed by atoms with van der Waals surface area (Å²) < 4.78 is 49.2. The molecule has 178 valence electrons. The van der Waals surface area contributed by atoms with Gasteiger partial charge >= 0.3 is 0 Å². The van der Waals surface area contributed by atoms with E-state index in [-0.39, 0.29) is 11.3 Å². The SMILES string of the molecule is OC[C@H]1O[C@@H](n2ccc3cc(Cl)ccc32)[C@H](O)[C@@H](n2cc(-c3cc(F)c(F)c(F)c3)nn2)[C@H]1O. The van der Waals surface area contributed by atoms with Crippen molar-refractivity contribution >= 4 is 22.5 Å². The molecule has 1 aliphatic heterocycles. The lowest BCUT2D eigenvalue weighted by Crippen LogP contribution is -2.54. The lowest BCUT2D eigenvalue weighted by atomic mass is 9.95. The molecular formula is C22H18ClF3N4O4. The van der Waals surface area contributed by atoms with Gasteiger partial charge in [-0.15, -0.1) is 5.10 Å². The molecule has 1 saturated heterocycles. The van der Waals surface area contributed by atoms with Gasteiger partial charge in [0.2, 0.25) is 0 Å². The van der Waals surface area contributed by atoms with Gasteiger partial charge in [0.05, 0.1) is 18.3 Å². The van der Waals surface area contributed by atoms with Gasteiger partial charge in [0, 0.05) is 22.2 Å². The second-order valence-corrected chi connectivity index (χ2v) is 8.42. The lowest BCUT2D eigenvalue weighted by molar-refractivity contribution is -0.229. The third-order valence-electron chi connectivity index (χ3n) is 5.92. The largest absolute Gasteiger partial charge is 0.394 e. The van der Waals surface area contributed by atoms with Crippen molar-refractivity contribution in [3.8, 4) is 11.3 Å². The Morgan fingerprint density at radius 2 is 1.76 bits per heavy atom. The minimum absolute atomic E-state index is 0.0122. The van der Waals surface area contributed by atoms with E-state index in [1.807, 2.05) is 0 Å². The Kier molecular flexibility index (Phi) is 5.82. The molecule has 3 N–H and O–H groups in total. The Labute approximate surface area is 195 Å². The molecule has 5 atom stereocenters. The molecule has 12 heteroatoms. The molecule has 34 heavy (non-hydrogen) atoms. The summed E-state index contributed by atoms with van der Waals surface area (Å²) in [4.78, 5) is 0. The van der Waals surface area contributed by atoms with Crippen LogP contribution in [0.25, 0.3) is 22.2 Å². The smallest absolute Gasteiger partial charge is 0.194 e. The third kappa shape index (κ3) is 3.75. The minimum Gasteiger partial charge on any atom is -0.394 e. The van der Waals surface area contributed by atoms with Crippen LogP contribution in [0.4, 0.5) is 13.2 Å². The highest BCUT2D eigenvalue weighted by atomic mass is 35.5. The van der Waals surface area contributed by atoms with Crippen molar-refractivity contribution in [3.63, 3.8) is 0 Å². The first kappa shape index (κ1) is 22.8. The fourth-order valence-corrected chi connectivity index (χ4v) is 4.42. The van der Waals surface area contributed by atoms with E-state index in [2.05, 4.69) is 10.3 Å². The van der Waals surface area contributed by atoms with E-state index >= 15 is 0 Å². The monoisotopic (exact) mass is 494 g/mol. The number of aliphatic hydroxyl groups excluding tert-OH is 3. The zero-order valence-electron chi connectivity index (χ0n) is 17.3. The number of fused-ring (bicyclic) bond motifs is 1. The molecule has 4 aromatic rings. The predicted octanol–water partition coefficient (Wildman–Crippen LogP) is 2.82. The Hall–Kier alpha value is -2.96. The first-order chi connectivity index (χ1) is 16.3. The maximum absolute atomic E-state index is 13.7. The van der Waals surface area contributed by atoms with Crippen molar-refractivity contribution in [3.05, 3.63) is 71.3 Å². The van der Waals surface area contributed by atoms with Crippen LogP contribution < -0.4 is 0 Å². The molecule has 2 aromatic heterocycles. The second kappa shape index (κ2) is 8.67. The fraction of sp³-hybridized carbons (Fsp3) is 0.273. The van der Waals surface area contributed by atoms with Gasteiger partial charge < -0.3 is 24.6 Å². The van der Waals surface area contributed by atoms with Crippen LogP contribution in [-0.2, 0) is 4.74 Å². The van der Waals surface area contributed by atoms with Crippen LogP contribution in [0.5, 0.6) is 0 Å². The van der Waals surface area contributed by atoms with Gasteiger partial charge in [-0.05, 0) is 36.4 Å². The fourth-order valence-electron chi connectivity index (χ4n) is 4.24. The summed E-state index contributed by atoms with van der Waals surface area (Å²) in [5, 5.41) is 40.8.